The number of carboxylic acids is 1. The third kappa shape index (κ3) is 1.35. The van der Waals surface area contributed by atoms with E-state index in [0.717, 1.165) is 12.4 Å². The zero-order valence-electron chi connectivity index (χ0n) is 7.05. The van der Waals surface area contributed by atoms with Crippen molar-refractivity contribution in [2.24, 2.45) is 0 Å². The second-order valence-electron chi connectivity index (χ2n) is 3.02. The molecule has 0 aromatic carbocycles. The molecular weight excluding hydrogens is 168 g/mol. The molecule has 0 aliphatic carbocycles. The molecule has 1 saturated heterocycles. The van der Waals surface area contributed by atoms with Crippen molar-refractivity contribution in [2.75, 3.05) is 11.4 Å². The van der Waals surface area contributed by atoms with Crippen LogP contribution >= 0.6 is 0 Å². The Kier molecular flexibility index (Phi) is 1.88. The minimum absolute atomic E-state index is 0.380. The van der Waals surface area contributed by atoms with E-state index in [0.29, 0.717) is 6.42 Å². The smallest absolute Gasteiger partial charge is 0.326 e. The fourth-order valence-corrected chi connectivity index (χ4v) is 1.44. The number of carbonyl (C=O) groups is 1. The molecule has 1 aliphatic heterocycles. The van der Waals surface area contributed by atoms with E-state index in [4.69, 9.17) is 5.11 Å². The monoisotopic (exact) mass is 178 g/mol. The minimum Gasteiger partial charge on any atom is -0.480 e. The molecule has 0 amide bonds. The van der Waals surface area contributed by atoms with Crippen LogP contribution in [0.4, 0.5) is 5.82 Å². The standard InChI is InChI=1S/C9H10N2O2/c12-9(13)7-4-6-11(7)8-3-1-2-5-10-8/h1-3,5,7H,4,6H2,(H,12,13). The third-order valence-electron chi connectivity index (χ3n) is 2.25. The highest BCUT2D eigenvalue weighted by Gasteiger charge is 2.34. The summed E-state index contributed by atoms with van der Waals surface area (Å²) in [5.74, 6) is -0.0157. The van der Waals surface area contributed by atoms with E-state index >= 15 is 0 Å². The van der Waals surface area contributed by atoms with Crippen molar-refractivity contribution >= 4 is 11.8 Å². The van der Waals surface area contributed by atoms with Gasteiger partial charge in [-0.05, 0) is 18.6 Å². The number of anilines is 1. The summed E-state index contributed by atoms with van der Waals surface area (Å²) < 4.78 is 0. The Balaban J connectivity index is 2.15. The molecule has 0 radical (unpaired) electrons. The molecule has 1 N–H and O–H groups in total. The Morgan fingerprint density at radius 3 is 2.92 bits per heavy atom. The highest BCUT2D eigenvalue weighted by atomic mass is 16.4. The zero-order valence-corrected chi connectivity index (χ0v) is 7.05. The van der Waals surface area contributed by atoms with Crippen molar-refractivity contribution < 1.29 is 9.90 Å². The molecule has 68 valence electrons. The van der Waals surface area contributed by atoms with Crippen LogP contribution < -0.4 is 4.90 Å². The van der Waals surface area contributed by atoms with Gasteiger partial charge in [0.2, 0.25) is 0 Å². The molecule has 1 atom stereocenters. The van der Waals surface area contributed by atoms with E-state index in [-0.39, 0.29) is 6.04 Å². The van der Waals surface area contributed by atoms with Crippen LogP contribution in [-0.2, 0) is 4.79 Å². The third-order valence-corrected chi connectivity index (χ3v) is 2.25. The molecule has 0 bridgehead atoms. The van der Waals surface area contributed by atoms with Gasteiger partial charge in [-0.25, -0.2) is 9.78 Å². The molecule has 1 unspecified atom stereocenters. The minimum atomic E-state index is -0.767. The summed E-state index contributed by atoms with van der Waals surface area (Å²) in [6.07, 6.45) is 2.39. The summed E-state index contributed by atoms with van der Waals surface area (Å²) in [7, 11) is 0. The Morgan fingerprint density at radius 1 is 1.62 bits per heavy atom. The van der Waals surface area contributed by atoms with Gasteiger partial charge in [0.25, 0.3) is 0 Å². The first-order valence-electron chi connectivity index (χ1n) is 4.19. The summed E-state index contributed by atoms with van der Waals surface area (Å²) in [6, 6.07) is 5.13. The lowest BCUT2D eigenvalue weighted by molar-refractivity contribution is -0.140. The van der Waals surface area contributed by atoms with Crippen molar-refractivity contribution in [1.82, 2.24) is 4.98 Å². The Hall–Kier alpha value is -1.58. The van der Waals surface area contributed by atoms with E-state index in [1.54, 1.807) is 11.1 Å². The summed E-state index contributed by atoms with van der Waals surface area (Å²) >= 11 is 0. The summed E-state index contributed by atoms with van der Waals surface area (Å²) in [5.41, 5.74) is 0. The highest BCUT2D eigenvalue weighted by molar-refractivity contribution is 5.79. The maximum absolute atomic E-state index is 10.7. The van der Waals surface area contributed by atoms with Crippen LogP contribution in [0.1, 0.15) is 6.42 Å². The first kappa shape index (κ1) is 8.04. The van der Waals surface area contributed by atoms with Crippen LogP contribution in [0.2, 0.25) is 0 Å². The van der Waals surface area contributed by atoms with Crippen LogP contribution in [0.25, 0.3) is 0 Å². The number of carboxylic acid groups (broad SMARTS) is 1. The Morgan fingerprint density at radius 2 is 2.46 bits per heavy atom. The summed E-state index contributed by atoms with van der Waals surface area (Å²) in [6.45, 7) is 0.786. The highest BCUT2D eigenvalue weighted by Crippen LogP contribution is 2.23. The van der Waals surface area contributed by atoms with Crippen LogP contribution in [-0.4, -0.2) is 28.6 Å². The van der Waals surface area contributed by atoms with Gasteiger partial charge in [-0.15, -0.1) is 0 Å². The molecule has 1 aromatic heterocycles. The second-order valence-corrected chi connectivity index (χ2v) is 3.02. The lowest BCUT2D eigenvalue weighted by atomic mass is 10.0. The van der Waals surface area contributed by atoms with Gasteiger partial charge in [0.05, 0.1) is 0 Å². The molecule has 2 rings (SSSR count). The molecular formula is C9H10N2O2. The SMILES string of the molecule is O=C(O)C1CCN1c1ccccn1. The number of aromatic nitrogens is 1. The topological polar surface area (TPSA) is 53.4 Å². The van der Waals surface area contributed by atoms with Gasteiger partial charge in [0.1, 0.15) is 11.9 Å². The van der Waals surface area contributed by atoms with Crippen molar-refractivity contribution in [3.8, 4) is 0 Å². The van der Waals surface area contributed by atoms with E-state index in [9.17, 15) is 4.79 Å². The van der Waals surface area contributed by atoms with E-state index < -0.39 is 5.97 Å². The van der Waals surface area contributed by atoms with Crippen molar-refractivity contribution in [3.63, 3.8) is 0 Å². The predicted molar refractivity (Wildman–Crippen MR) is 47.6 cm³/mol. The fraction of sp³-hybridized carbons (Fsp3) is 0.333. The van der Waals surface area contributed by atoms with Crippen LogP contribution in [0, 0.1) is 0 Å². The Labute approximate surface area is 75.8 Å². The van der Waals surface area contributed by atoms with E-state index in [1.165, 1.54) is 0 Å². The first-order valence-corrected chi connectivity index (χ1v) is 4.19. The second kappa shape index (κ2) is 3.05. The van der Waals surface area contributed by atoms with Gasteiger partial charge in [-0.1, -0.05) is 6.07 Å². The van der Waals surface area contributed by atoms with E-state index in [2.05, 4.69) is 4.98 Å². The van der Waals surface area contributed by atoms with Crippen molar-refractivity contribution in [2.45, 2.75) is 12.5 Å². The molecule has 1 aromatic rings. The average Bonchev–Trinajstić information content (AvgIpc) is 2.02. The van der Waals surface area contributed by atoms with Gasteiger partial charge in [0.15, 0.2) is 0 Å². The first-order chi connectivity index (χ1) is 6.29. The molecule has 4 nitrogen and oxygen atoms in total. The molecule has 1 aliphatic rings. The number of rotatable bonds is 2. The van der Waals surface area contributed by atoms with Crippen LogP contribution in [0.5, 0.6) is 0 Å². The summed E-state index contributed by atoms with van der Waals surface area (Å²) in [4.78, 5) is 16.6. The van der Waals surface area contributed by atoms with Gasteiger partial charge in [-0.3, -0.25) is 0 Å². The maximum Gasteiger partial charge on any atom is 0.326 e. The summed E-state index contributed by atoms with van der Waals surface area (Å²) in [5, 5.41) is 8.80. The maximum atomic E-state index is 10.7. The average molecular weight is 178 g/mol. The number of hydrogen-bond donors (Lipinski definition) is 1. The lowest BCUT2D eigenvalue weighted by Crippen LogP contribution is -2.52. The number of nitrogens with zero attached hydrogens (tertiary/aromatic N) is 2. The molecule has 4 heteroatoms. The quantitative estimate of drug-likeness (QED) is 0.725. The zero-order chi connectivity index (χ0) is 9.26. The number of pyridine rings is 1. The Bertz CT molecular complexity index is 313. The fourth-order valence-electron chi connectivity index (χ4n) is 1.44. The van der Waals surface area contributed by atoms with Gasteiger partial charge in [-0.2, -0.15) is 0 Å². The van der Waals surface area contributed by atoms with Crippen LogP contribution in [0.15, 0.2) is 24.4 Å². The lowest BCUT2D eigenvalue weighted by Gasteiger charge is -2.38. The predicted octanol–water partition coefficient (Wildman–Crippen LogP) is 0.745. The number of aliphatic carboxylic acids is 1. The van der Waals surface area contributed by atoms with Gasteiger partial charge in [0, 0.05) is 12.7 Å². The molecule has 0 spiro atoms. The molecule has 13 heavy (non-hydrogen) atoms. The largest absolute Gasteiger partial charge is 0.480 e. The molecule has 2 heterocycles. The number of hydrogen-bond acceptors (Lipinski definition) is 3. The van der Waals surface area contributed by atoms with Gasteiger partial charge >= 0.3 is 5.97 Å². The van der Waals surface area contributed by atoms with Gasteiger partial charge < -0.3 is 10.0 Å². The van der Waals surface area contributed by atoms with Crippen LogP contribution in [0.3, 0.4) is 0 Å². The molecule has 0 saturated carbocycles. The molecule has 1 fully saturated rings. The van der Waals surface area contributed by atoms with E-state index in [1.807, 2.05) is 18.2 Å². The van der Waals surface area contributed by atoms with Crippen molar-refractivity contribution in [1.29, 1.82) is 0 Å². The normalized spacial score (nSPS) is 20.9. The van der Waals surface area contributed by atoms with Crippen molar-refractivity contribution in [3.05, 3.63) is 24.4 Å².